The summed E-state index contributed by atoms with van der Waals surface area (Å²) in [6.07, 6.45) is 0. The van der Waals surface area contributed by atoms with Gasteiger partial charge in [-0.25, -0.2) is 0 Å². The zero-order valence-electron chi connectivity index (χ0n) is 15.8. The molecule has 0 aliphatic rings. The Labute approximate surface area is 202 Å². The Morgan fingerprint density at radius 2 is 1.48 bits per heavy atom. The number of phenolic OH excluding ortho intramolecular Hbond substituents is 1. The Balaban J connectivity index is 0.00000341. The normalized spacial score (nSPS) is 11.7. The van der Waals surface area contributed by atoms with Crippen molar-refractivity contribution in [3.63, 3.8) is 0 Å². The van der Waals surface area contributed by atoms with Crippen LogP contribution in [-0.2, 0) is 52.9 Å². The van der Waals surface area contributed by atoms with Crippen LogP contribution in [-0.4, -0.2) is 37.0 Å². The molecule has 0 atom stereocenters. The molecule has 3 rings (SSSR count). The van der Waals surface area contributed by atoms with Crippen LogP contribution in [0.1, 0.15) is 15.9 Å². The SMILES string of the molecule is Cc1c(S(=O)(=O)O)cc2c(S(=O)(=O)O)ccc(NC(=O)c3ccc([NH-])cc3)c2c1O.[Y+3]. The number of benzene rings is 3. The van der Waals surface area contributed by atoms with Crippen molar-refractivity contribution >= 4 is 48.3 Å². The number of aromatic hydroxyl groups is 1. The molecule has 5 N–H and O–H groups in total. The van der Waals surface area contributed by atoms with Crippen LogP contribution in [0, 0.1) is 6.92 Å². The van der Waals surface area contributed by atoms with Crippen LogP contribution in [0.3, 0.4) is 0 Å². The Morgan fingerprint density at radius 3 is 2.00 bits per heavy atom. The van der Waals surface area contributed by atoms with Crippen molar-refractivity contribution in [2.75, 3.05) is 5.32 Å². The van der Waals surface area contributed by atoms with Crippen molar-refractivity contribution in [2.24, 2.45) is 0 Å². The number of hydrogen-bond acceptors (Lipinski definition) is 6. The number of hydrogen-bond donors (Lipinski definition) is 4. The Morgan fingerprint density at radius 1 is 0.935 bits per heavy atom. The fourth-order valence-corrected chi connectivity index (χ4v) is 4.38. The maximum atomic E-state index is 12.5. The van der Waals surface area contributed by atoms with E-state index in [9.17, 15) is 35.8 Å². The average Bonchev–Trinajstić information content (AvgIpc) is 2.63. The van der Waals surface area contributed by atoms with Gasteiger partial charge in [-0.15, -0.1) is 5.69 Å². The van der Waals surface area contributed by atoms with Crippen LogP contribution in [0.4, 0.5) is 11.4 Å². The molecule has 0 fully saturated rings. The molecule has 158 valence electrons. The molecule has 3 aromatic rings. The van der Waals surface area contributed by atoms with E-state index in [4.69, 9.17) is 5.73 Å². The molecule has 0 aliphatic carbocycles. The van der Waals surface area contributed by atoms with E-state index in [1.54, 1.807) is 0 Å². The number of rotatable bonds is 4. The topological polar surface area (TPSA) is 182 Å². The van der Waals surface area contributed by atoms with Gasteiger partial charge in [0.25, 0.3) is 26.1 Å². The number of nitrogens with one attached hydrogen (secondary N) is 2. The van der Waals surface area contributed by atoms with Gasteiger partial charge in [-0.1, -0.05) is 24.3 Å². The summed E-state index contributed by atoms with van der Waals surface area (Å²) in [5.74, 6) is -1.35. The van der Waals surface area contributed by atoms with Crippen LogP contribution in [0.15, 0.2) is 52.3 Å². The molecule has 0 bridgehead atoms. The van der Waals surface area contributed by atoms with E-state index in [1.807, 2.05) is 0 Å². The zero-order valence-corrected chi connectivity index (χ0v) is 20.3. The standard InChI is InChI=1S/C18H16N2O8S2.Y/c1-9-15(30(26,27)28)8-12-14(29(23,24)25)7-6-13(16(12)17(9)21)20-18(22)10-2-4-11(19)5-3-10;/h2-8H,1H3,(H6,19,20,21,22,23,24,25,26,27,28);/q;+3/p-1. The van der Waals surface area contributed by atoms with E-state index in [0.29, 0.717) is 0 Å². The summed E-state index contributed by atoms with van der Waals surface area (Å²) < 4.78 is 65.7. The fraction of sp³-hybridized carbons (Fsp3) is 0.0556. The van der Waals surface area contributed by atoms with E-state index in [0.717, 1.165) is 18.2 Å². The van der Waals surface area contributed by atoms with Crippen LogP contribution in [0.25, 0.3) is 16.5 Å². The summed E-state index contributed by atoms with van der Waals surface area (Å²) in [6, 6.07) is 8.36. The summed E-state index contributed by atoms with van der Waals surface area (Å²) in [4.78, 5) is 11.0. The Bertz CT molecular complexity index is 1400. The summed E-state index contributed by atoms with van der Waals surface area (Å²) in [5.41, 5.74) is 7.45. The van der Waals surface area contributed by atoms with Gasteiger partial charge < -0.3 is 16.2 Å². The third-order valence-electron chi connectivity index (χ3n) is 4.39. The molecule has 3 aromatic carbocycles. The Hall–Kier alpha value is -2.09. The molecule has 0 saturated heterocycles. The van der Waals surface area contributed by atoms with Gasteiger partial charge in [0.05, 0.1) is 5.69 Å². The minimum Gasteiger partial charge on any atom is -0.699 e. The van der Waals surface area contributed by atoms with E-state index >= 15 is 0 Å². The molecule has 0 aromatic heterocycles. The van der Waals surface area contributed by atoms with Gasteiger partial charge >= 0.3 is 32.7 Å². The summed E-state index contributed by atoms with van der Waals surface area (Å²) >= 11 is 0. The molecule has 1 amide bonds. The first kappa shape index (κ1) is 25.2. The van der Waals surface area contributed by atoms with Crippen molar-refractivity contribution in [1.82, 2.24) is 0 Å². The number of amides is 1. The van der Waals surface area contributed by atoms with Crippen molar-refractivity contribution in [3.05, 3.63) is 59.3 Å². The van der Waals surface area contributed by atoms with Gasteiger partial charge in [0, 0.05) is 21.9 Å². The maximum absolute atomic E-state index is 12.5. The molecule has 0 saturated carbocycles. The molecular formula is C18H15N2O8S2Y+2. The monoisotopic (exact) mass is 540 g/mol. The number of phenols is 1. The molecule has 0 unspecified atom stereocenters. The minimum atomic E-state index is -4.84. The van der Waals surface area contributed by atoms with Crippen molar-refractivity contribution in [1.29, 1.82) is 0 Å². The first-order valence-electron chi connectivity index (χ1n) is 8.18. The van der Waals surface area contributed by atoms with Gasteiger partial charge in [-0.3, -0.25) is 13.9 Å². The van der Waals surface area contributed by atoms with Crippen LogP contribution in [0.5, 0.6) is 5.75 Å². The summed E-state index contributed by atoms with van der Waals surface area (Å²) in [5, 5.41) is 12.4. The second-order valence-corrected chi connectivity index (χ2v) is 9.14. The number of carbonyl (C=O) groups is 1. The van der Waals surface area contributed by atoms with Gasteiger partial charge in [0.1, 0.15) is 15.5 Å². The largest absolute Gasteiger partial charge is 3.00 e. The molecule has 0 heterocycles. The fourth-order valence-electron chi connectivity index (χ4n) is 2.96. The molecule has 0 spiro atoms. The maximum Gasteiger partial charge on any atom is 3.00 e. The second-order valence-electron chi connectivity index (χ2n) is 6.36. The predicted octanol–water partition coefficient (Wildman–Crippen LogP) is 3.28. The van der Waals surface area contributed by atoms with E-state index in [2.05, 4.69) is 5.32 Å². The third-order valence-corrected chi connectivity index (χ3v) is 6.29. The van der Waals surface area contributed by atoms with Crippen LogP contribution >= 0.6 is 0 Å². The zero-order chi connectivity index (χ0) is 22.4. The molecule has 13 heteroatoms. The quantitative estimate of drug-likeness (QED) is 0.364. The predicted molar refractivity (Wildman–Crippen MR) is 108 cm³/mol. The Kier molecular flexibility index (Phi) is 7.15. The van der Waals surface area contributed by atoms with Gasteiger partial charge in [0.15, 0.2) is 0 Å². The van der Waals surface area contributed by atoms with Crippen LogP contribution < -0.4 is 5.32 Å². The number of fused-ring (bicyclic) bond motifs is 1. The van der Waals surface area contributed by atoms with Gasteiger partial charge in [-0.05, 0) is 25.1 Å². The summed E-state index contributed by atoms with van der Waals surface area (Å²) in [7, 11) is -9.68. The van der Waals surface area contributed by atoms with Gasteiger partial charge in [0.2, 0.25) is 0 Å². The van der Waals surface area contributed by atoms with Crippen molar-refractivity contribution < 1.29 is 68.6 Å². The third kappa shape index (κ3) is 5.05. The average molecular weight is 540 g/mol. The molecule has 10 nitrogen and oxygen atoms in total. The number of anilines is 1. The number of carbonyl (C=O) groups excluding carboxylic acids is 1. The van der Waals surface area contributed by atoms with Crippen LogP contribution in [0.2, 0.25) is 0 Å². The minimum absolute atomic E-state index is 0. The van der Waals surface area contributed by atoms with Crippen molar-refractivity contribution in [2.45, 2.75) is 16.7 Å². The molecule has 0 aliphatic heterocycles. The first-order chi connectivity index (χ1) is 13.8. The van der Waals surface area contributed by atoms with E-state index < -0.39 is 47.1 Å². The van der Waals surface area contributed by atoms with Gasteiger partial charge in [-0.2, -0.15) is 16.8 Å². The molecular weight excluding hydrogens is 525 g/mol. The first-order valence-corrected chi connectivity index (χ1v) is 11.1. The molecule has 31 heavy (non-hydrogen) atoms. The molecule has 0 radical (unpaired) electrons. The second kappa shape index (κ2) is 8.81. The van der Waals surface area contributed by atoms with E-state index in [-0.39, 0.29) is 60.6 Å². The van der Waals surface area contributed by atoms with Crippen molar-refractivity contribution in [3.8, 4) is 5.75 Å². The smallest absolute Gasteiger partial charge is 0.699 e. The van der Waals surface area contributed by atoms with E-state index in [1.165, 1.54) is 31.2 Å². The summed E-state index contributed by atoms with van der Waals surface area (Å²) in [6.45, 7) is 1.18.